The van der Waals surface area contributed by atoms with Crippen molar-refractivity contribution in [1.82, 2.24) is 10.6 Å². The summed E-state index contributed by atoms with van der Waals surface area (Å²) in [5, 5.41) is 6.18. The lowest BCUT2D eigenvalue weighted by molar-refractivity contribution is -0.123. The van der Waals surface area contributed by atoms with Gasteiger partial charge in [0.2, 0.25) is 0 Å². The first-order valence-electron chi connectivity index (χ1n) is 7.84. The van der Waals surface area contributed by atoms with E-state index in [1.165, 1.54) is 12.1 Å². The summed E-state index contributed by atoms with van der Waals surface area (Å²) in [5.41, 5.74) is 0. The van der Waals surface area contributed by atoms with Gasteiger partial charge in [-0.05, 0) is 31.7 Å². The number of amides is 2. The first-order valence-corrected chi connectivity index (χ1v) is 8.60. The molecule has 6 nitrogen and oxygen atoms in total. The average Bonchev–Trinajstić information content (AvgIpc) is 3.42. The third-order valence-corrected chi connectivity index (χ3v) is 4.18. The molecule has 0 bridgehead atoms. The van der Waals surface area contributed by atoms with Gasteiger partial charge in [-0.25, -0.2) is 0 Å². The van der Waals surface area contributed by atoms with Crippen LogP contribution in [0.15, 0.2) is 12.1 Å². The molecule has 0 spiro atoms. The Morgan fingerprint density at radius 3 is 1.67 bits per heavy atom. The molecule has 0 unspecified atom stereocenters. The summed E-state index contributed by atoms with van der Waals surface area (Å²) in [6, 6.07) is 3.49. The zero-order valence-electron chi connectivity index (χ0n) is 12.9. The molecule has 2 N–H and O–H groups in total. The minimum atomic E-state index is -0.199. The minimum absolute atomic E-state index is 0.139. The van der Waals surface area contributed by atoms with Gasteiger partial charge in [0.15, 0.2) is 13.2 Å². The van der Waals surface area contributed by atoms with Crippen LogP contribution in [0.2, 0.25) is 10.0 Å². The van der Waals surface area contributed by atoms with E-state index in [2.05, 4.69) is 10.6 Å². The molecular formula is C16H18Cl2N2O4. The van der Waals surface area contributed by atoms with Gasteiger partial charge in [0.25, 0.3) is 11.8 Å². The standard InChI is InChI=1S/C16H18Cl2N2O4/c17-11-5-12(18)14(24-8-16(22)20-10-3-4-10)6-13(11)23-7-15(21)19-9-1-2-9/h5-6,9-10H,1-4,7-8H2,(H,19,21)(H,20,22). The Morgan fingerprint density at radius 1 is 0.875 bits per heavy atom. The molecule has 1 aromatic carbocycles. The van der Waals surface area contributed by atoms with Crippen molar-refractivity contribution in [3.05, 3.63) is 22.2 Å². The predicted octanol–water partition coefficient (Wildman–Crippen LogP) is 2.31. The summed E-state index contributed by atoms with van der Waals surface area (Å²) >= 11 is 12.1. The maximum absolute atomic E-state index is 11.7. The van der Waals surface area contributed by atoms with Gasteiger partial charge >= 0.3 is 0 Å². The van der Waals surface area contributed by atoms with Crippen LogP contribution >= 0.6 is 23.2 Å². The highest BCUT2D eigenvalue weighted by atomic mass is 35.5. The Kier molecular flexibility index (Phi) is 5.36. The Morgan fingerprint density at radius 2 is 1.29 bits per heavy atom. The number of benzene rings is 1. The smallest absolute Gasteiger partial charge is 0.258 e. The summed E-state index contributed by atoms with van der Waals surface area (Å²) in [6.45, 7) is -0.279. The first kappa shape index (κ1) is 17.2. The summed E-state index contributed by atoms with van der Waals surface area (Å²) in [4.78, 5) is 23.3. The van der Waals surface area contributed by atoms with Crippen LogP contribution in [0.5, 0.6) is 11.5 Å². The molecule has 2 amide bonds. The first-order chi connectivity index (χ1) is 11.5. The SMILES string of the molecule is O=C(COc1cc(OCC(=O)NC2CC2)c(Cl)cc1Cl)NC1CC1. The summed E-state index contributed by atoms with van der Waals surface area (Å²) in [6.07, 6.45) is 4.03. The van der Waals surface area contributed by atoms with Crippen molar-refractivity contribution in [2.75, 3.05) is 13.2 Å². The van der Waals surface area contributed by atoms with Gasteiger partial charge in [0.05, 0.1) is 10.0 Å². The van der Waals surface area contributed by atoms with Crippen LogP contribution in [-0.2, 0) is 9.59 Å². The number of nitrogens with one attached hydrogen (secondary N) is 2. The second kappa shape index (κ2) is 7.49. The normalized spacial score (nSPS) is 16.4. The highest BCUT2D eigenvalue weighted by molar-refractivity contribution is 6.36. The van der Waals surface area contributed by atoms with Crippen molar-refractivity contribution in [2.24, 2.45) is 0 Å². The Balaban J connectivity index is 1.54. The van der Waals surface area contributed by atoms with Crippen molar-refractivity contribution in [3.8, 4) is 11.5 Å². The van der Waals surface area contributed by atoms with Crippen LogP contribution in [-0.4, -0.2) is 37.1 Å². The number of hydrogen-bond donors (Lipinski definition) is 2. The van der Waals surface area contributed by atoms with Crippen LogP contribution in [0.4, 0.5) is 0 Å². The second-order valence-electron chi connectivity index (χ2n) is 5.97. The van der Waals surface area contributed by atoms with Gasteiger partial charge in [-0.2, -0.15) is 0 Å². The van der Waals surface area contributed by atoms with E-state index in [0.29, 0.717) is 0 Å². The summed E-state index contributed by atoms with van der Waals surface area (Å²) in [5.74, 6) is 0.166. The van der Waals surface area contributed by atoms with Crippen LogP contribution in [0.25, 0.3) is 0 Å². The molecule has 2 fully saturated rings. The van der Waals surface area contributed by atoms with Crippen LogP contribution < -0.4 is 20.1 Å². The molecular weight excluding hydrogens is 355 g/mol. The summed E-state index contributed by atoms with van der Waals surface area (Å²) in [7, 11) is 0. The van der Waals surface area contributed by atoms with E-state index in [1.807, 2.05) is 0 Å². The number of halogens is 2. The van der Waals surface area contributed by atoms with Gasteiger partial charge in [0, 0.05) is 18.2 Å². The van der Waals surface area contributed by atoms with Gasteiger partial charge in [-0.1, -0.05) is 23.2 Å². The van der Waals surface area contributed by atoms with Crippen molar-refractivity contribution < 1.29 is 19.1 Å². The molecule has 24 heavy (non-hydrogen) atoms. The van der Waals surface area contributed by atoms with Crippen molar-refractivity contribution >= 4 is 35.0 Å². The van der Waals surface area contributed by atoms with E-state index in [0.717, 1.165) is 25.7 Å². The van der Waals surface area contributed by atoms with Crippen molar-refractivity contribution in [1.29, 1.82) is 0 Å². The molecule has 1 aromatic rings. The fourth-order valence-electron chi connectivity index (χ4n) is 2.01. The molecule has 2 aliphatic rings. The van der Waals surface area contributed by atoms with E-state index in [-0.39, 0.29) is 58.7 Å². The largest absolute Gasteiger partial charge is 0.482 e. The number of ether oxygens (including phenoxy) is 2. The third kappa shape index (κ3) is 5.18. The maximum atomic E-state index is 11.7. The summed E-state index contributed by atoms with van der Waals surface area (Å²) < 4.78 is 10.8. The predicted molar refractivity (Wildman–Crippen MR) is 89.8 cm³/mol. The average molecular weight is 373 g/mol. The van der Waals surface area contributed by atoms with Gasteiger partial charge in [-0.3, -0.25) is 9.59 Å². The van der Waals surface area contributed by atoms with Gasteiger partial charge in [0.1, 0.15) is 11.5 Å². The minimum Gasteiger partial charge on any atom is -0.482 e. The number of hydrogen-bond acceptors (Lipinski definition) is 4. The lowest BCUT2D eigenvalue weighted by Gasteiger charge is -2.13. The van der Waals surface area contributed by atoms with Crippen LogP contribution in [0, 0.1) is 0 Å². The Bertz CT molecular complexity index is 594. The molecule has 130 valence electrons. The van der Waals surface area contributed by atoms with E-state index >= 15 is 0 Å². The number of carbonyl (C=O) groups is 2. The fourth-order valence-corrected chi connectivity index (χ4v) is 2.50. The molecule has 0 atom stereocenters. The maximum Gasteiger partial charge on any atom is 0.258 e. The molecule has 0 aliphatic heterocycles. The van der Waals surface area contributed by atoms with Gasteiger partial charge in [-0.15, -0.1) is 0 Å². The Hall–Kier alpha value is -1.66. The lowest BCUT2D eigenvalue weighted by Crippen LogP contribution is -2.30. The van der Waals surface area contributed by atoms with E-state index in [9.17, 15) is 9.59 Å². The highest BCUT2D eigenvalue weighted by Crippen LogP contribution is 2.35. The zero-order chi connectivity index (χ0) is 17.1. The molecule has 2 saturated carbocycles. The lowest BCUT2D eigenvalue weighted by atomic mass is 10.3. The number of carbonyl (C=O) groups excluding carboxylic acids is 2. The molecule has 8 heteroatoms. The molecule has 3 rings (SSSR count). The molecule has 0 saturated heterocycles. The van der Waals surface area contributed by atoms with E-state index < -0.39 is 0 Å². The molecule has 2 aliphatic carbocycles. The van der Waals surface area contributed by atoms with E-state index in [1.54, 1.807) is 0 Å². The second-order valence-corrected chi connectivity index (χ2v) is 6.79. The van der Waals surface area contributed by atoms with Crippen molar-refractivity contribution in [3.63, 3.8) is 0 Å². The number of rotatable bonds is 8. The van der Waals surface area contributed by atoms with Crippen LogP contribution in [0.1, 0.15) is 25.7 Å². The third-order valence-electron chi connectivity index (χ3n) is 3.59. The Labute approximate surface area is 149 Å². The molecule has 0 aromatic heterocycles. The van der Waals surface area contributed by atoms with Gasteiger partial charge < -0.3 is 20.1 Å². The molecule has 0 radical (unpaired) electrons. The van der Waals surface area contributed by atoms with E-state index in [4.69, 9.17) is 32.7 Å². The quantitative estimate of drug-likeness (QED) is 0.733. The zero-order valence-corrected chi connectivity index (χ0v) is 14.5. The fraction of sp³-hybridized carbons (Fsp3) is 0.500. The monoisotopic (exact) mass is 372 g/mol. The van der Waals surface area contributed by atoms with Crippen molar-refractivity contribution in [2.45, 2.75) is 37.8 Å². The van der Waals surface area contributed by atoms with Crippen LogP contribution in [0.3, 0.4) is 0 Å². The highest BCUT2D eigenvalue weighted by Gasteiger charge is 2.24. The topological polar surface area (TPSA) is 76.7 Å². The molecule has 0 heterocycles.